The van der Waals surface area contributed by atoms with Crippen LogP contribution < -0.4 is 5.32 Å². The zero-order valence-corrected chi connectivity index (χ0v) is 13.0. The Bertz CT molecular complexity index is 250. The molecule has 2 atom stereocenters. The topological polar surface area (TPSA) is 12.0 Å². The molecule has 2 unspecified atom stereocenters. The quantitative estimate of drug-likeness (QED) is 0.772. The summed E-state index contributed by atoms with van der Waals surface area (Å²) in [6.45, 7) is 11.0. The molecule has 0 radical (unpaired) electrons. The smallest absolute Gasteiger partial charge is 0.00748 e. The van der Waals surface area contributed by atoms with E-state index in [0.29, 0.717) is 5.41 Å². The second-order valence-corrected chi connectivity index (χ2v) is 8.14. The molecule has 0 saturated heterocycles. The third-order valence-electron chi connectivity index (χ3n) is 5.22. The Morgan fingerprint density at radius 1 is 0.944 bits per heavy atom. The van der Waals surface area contributed by atoms with Gasteiger partial charge in [-0.1, -0.05) is 40.5 Å². The van der Waals surface area contributed by atoms with Crippen LogP contribution in [-0.2, 0) is 0 Å². The van der Waals surface area contributed by atoms with Gasteiger partial charge in [-0.15, -0.1) is 0 Å². The predicted molar refractivity (Wildman–Crippen MR) is 79.7 cm³/mol. The van der Waals surface area contributed by atoms with Crippen molar-refractivity contribution in [1.29, 1.82) is 0 Å². The fourth-order valence-corrected chi connectivity index (χ4v) is 4.37. The molecule has 1 heteroatoms. The zero-order chi connectivity index (χ0) is 13.2. The SMILES string of the molecule is CC1CCC(CNC2CC(C)CC(C)(C)C2)CC1. The van der Waals surface area contributed by atoms with Gasteiger partial charge >= 0.3 is 0 Å². The van der Waals surface area contributed by atoms with E-state index >= 15 is 0 Å². The third kappa shape index (κ3) is 4.26. The molecule has 2 saturated carbocycles. The van der Waals surface area contributed by atoms with Crippen molar-refractivity contribution in [2.45, 2.75) is 78.7 Å². The Hall–Kier alpha value is -0.0400. The molecule has 2 aliphatic carbocycles. The lowest BCUT2D eigenvalue weighted by Crippen LogP contribution is -2.42. The van der Waals surface area contributed by atoms with Crippen LogP contribution in [-0.4, -0.2) is 12.6 Å². The molecule has 0 amide bonds. The van der Waals surface area contributed by atoms with E-state index in [1.165, 1.54) is 51.5 Å². The van der Waals surface area contributed by atoms with Crippen LogP contribution in [0.1, 0.15) is 72.6 Å². The van der Waals surface area contributed by atoms with Gasteiger partial charge in [0.15, 0.2) is 0 Å². The van der Waals surface area contributed by atoms with Gasteiger partial charge in [-0.2, -0.15) is 0 Å². The lowest BCUT2D eigenvalue weighted by atomic mass is 9.70. The van der Waals surface area contributed by atoms with Gasteiger partial charge in [0.2, 0.25) is 0 Å². The molecule has 0 aromatic carbocycles. The van der Waals surface area contributed by atoms with Crippen LogP contribution in [0.3, 0.4) is 0 Å². The van der Waals surface area contributed by atoms with Crippen molar-refractivity contribution in [3.8, 4) is 0 Å². The second kappa shape index (κ2) is 5.94. The first-order valence-corrected chi connectivity index (χ1v) is 8.18. The maximum absolute atomic E-state index is 3.89. The molecule has 0 aliphatic heterocycles. The van der Waals surface area contributed by atoms with E-state index in [9.17, 15) is 0 Å². The summed E-state index contributed by atoms with van der Waals surface area (Å²) in [5.41, 5.74) is 0.552. The van der Waals surface area contributed by atoms with Gasteiger partial charge in [-0.3, -0.25) is 0 Å². The molecule has 1 nitrogen and oxygen atoms in total. The highest BCUT2D eigenvalue weighted by Crippen LogP contribution is 2.38. The van der Waals surface area contributed by atoms with Gasteiger partial charge < -0.3 is 5.32 Å². The van der Waals surface area contributed by atoms with Crippen LogP contribution in [0.2, 0.25) is 0 Å². The normalized spacial score (nSPS) is 40.7. The Labute approximate surface area is 114 Å². The van der Waals surface area contributed by atoms with E-state index < -0.39 is 0 Å². The van der Waals surface area contributed by atoms with Crippen LogP contribution in [0.15, 0.2) is 0 Å². The van der Waals surface area contributed by atoms with E-state index in [4.69, 9.17) is 0 Å². The van der Waals surface area contributed by atoms with E-state index in [1.807, 2.05) is 0 Å². The maximum Gasteiger partial charge on any atom is 0.00748 e. The van der Waals surface area contributed by atoms with Gasteiger partial charge in [0, 0.05) is 6.04 Å². The highest BCUT2D eigenvalue weighted by Gasteiger charge is 2.32. The van der Waals surface area contributed by atoms with Crippen LogP contribution in [0.25, 0.3) is 0 Å². The Balaban J connectivity index is 1.73. The Kier molecular flexibility index (Phi) is 4.75. The van der Waals surface area contributed by atoms with Gasteiger partial charge in [-0.05, 0) is 61.8 Å². The molecule has 2 fully saturated rings. The van der Waals surface area contributed by atoms with E-state index in [-0.39, 0.29) is 0 Å². The summed E-state index contributed by atoms with van der Waals surface area (Å²) in [5, 5.41) is 3.89. The van der Waals surface area contributed by atoms with Crippen molar-refractivity contribution in [1.82, 2.24) is 5.32 Å². The molecule has 18 heavy (non-hydrogen) atoms. The minimum atomic E-state index is 0.552. The van der Waals surface area contributed by atoms with E-state index in [2.05, 4.69) is 33.0 Å². The van der Waals surface area contributed by atoms with E-state index in [1.54, 1.807) is 0 Å². The second-order valence-electron chi connectivity index (χ2n) is 8.14. The zero-order valence-electron chi connectivity index (χ0n) is 13.0. The van der Waals surface area contributed by atoms with Gasteiger partial charge in [0.05, 0.1) is 0 Å². The molecule has 106 valence electrons. The van der Waals surface area contributed by atoms with Crippen molar-refractivity contribution in [3.05, 3.63) is 0 Å². The number of hydrogen-bond acceptors (Lipinski definition) is 1. The Morgan fingerprint density at radius 3 is 2.22 bits per heavy atom. The first kappa shape index (κ1) is 14.4. The fraction of sp³-hybridized carbons (Fsp3) is 1.00. The van der Waals surface area contributed by atoms with Crippen molar-refractivity contribution in [2.24, 2.45) is 23.2 Å². The van der Waals surface area contributed by atoms with Crippen LogP contribution in [0.5, 0.6) is 0 Å². The molecular formula is C17H33N. The molecule has 0 spiro atoms. The highest BCUT2D eigenvalue weighted by atomic mass is 14.9. The maximum atomic E-state index is 3.89. The van der Waals surface area contributed by atoms with Gasteiger partial charge in [0.1, 0.15) is 0 Å². The minimum absolute atomic E-state index is 0.552. The lowest BCUT2D eigenvalue weighted by molar-refractivity contribution is 0.145. The predicted octanol–water partition coefficient (Wildman–Crippen LogP) is 4.62. The van der Waals surface area contributed by atoms with Crippen molar-refractivity contribution in [2.75, 3.05) is 6.54 Å². The summed E-state index contributed by atoms with van der Waals surface area (Å²) in [7, 11) is 0. The van der Waals surface area contributed by atoms with Crippen molar-refractivity contribution >= 4 is 0 Å². The van der Waals surface area contributed by atoms with Crippen LogP contribution in [0, 0.1) is 23.2 Å². The molecule has 2 rings (SSSR count). The van der Waals surface area contributed by atoms with Crippen molar-refractivity contribution in [3.63, 3.8) is 0 Å². The standard InChI is InChI=1S/C17H33N/c1-13-5-7-15(8-6-13)12-18-16-9-14(2)10-17(3,4)11-16/h13-16,18H,5-12H2,1-4H3. The summed E-state index contributed by atoms with van der Waals surface area (Å²) in [6, 6.07) is 0.781. The molecular weight excluding hydrogens is 218 g/mol. The highest BCUT2D eigenvalue weighted by molar-refractivity contribution is 4.87. The van der Waals surface area contributed by atoms with Gasteiger partial charge in [0.25, 0.3) is 0 Å². The summed E-state index contributed by atoms with van der Waals surface area (Å²) in [6.07, 6.45) is 10.0. The minimum Gasteiger partial charge on any atom is -0.314 e. The molecule has 0 bridgehead atoms. The number of hydrogen-bond donors (Lipinski definition) is 1. The lowest BCUT2D eigenvalue weighted by Gasteiger charge is -2.40. The molecule has 2 aliphatic rings. The summed E-state index contributed by atoms with van der Waals surface area (Å²) >= 11 is 0. The van der Waals surface area contributed by atoms with Gasteiger partial charge in [-0.25, -0.2) is 0 Å². The molecule has 0 aromatic rings. The third-order valence-corrected chi connectivity index (χ3v) is 5.22. The molecule has 0 aromatic heterocycles. The average molecular weight is 251 g/mol. The van der Waals surface area contributed by atoms with Crippen LogP contribution in [0.4, 0.5) is 0 Å². The number of nitrogens with one attached hydrogen (secondary N) is 1. The first-order chi connectivity index (χ1) is 8.44. The monoisotopic (exact) mass is 251 g/mol. The molecule has 1 N–H and O–H groups in total. The Morgan fingerprint density at radius 2 is 1.61 bits per heavy atom. The summed E-state index contributed by atoms with van der Waals surface area (Å²) in [4.78, 5) is 0. The number of rotatable bonds is 3. The largest absolute Gasteiger partial charge is 0.314 e. The van der Waals surface area contributed by atoms with Crippen LogP contribution >= 0.6 is 0 Å². The molecule has 0 heterocycles. The summed E-state index contributed by atoms with van der Waals surface area (Å²) in [5.74, 6) is 2.84. The average Bonchev–Trinajstić information content (AvgIpc) is 2.25. The summed E-state index contributed by atoms with van der Waals surface area (Å²) < 4.78 is 0. The van der Waals surface area contributed by atoms with E-state index in [0.717, 1.165) is 23.8 Å². The first-order valence-electron chi connectivity index (χ1n) is 8.18. The van der Waals surface area contributed by atoms with Crippen molar-refractivity contribution < 1.29 is 0 Å². The fourth-order valence-electron chi connectivity index (χ4n) is 4.37.